The molecule has 0 saturated heterocycles. The Hall–Kier alpha value is -3.09. The second-order valence-electron chi connectivity index (χ2n) is 7.39. The molecular weight excluding hydrogens is 372 g/mol. The van der Waals surface area contributed by atoms with Gasteiger partial charge in [-0.05, 0) is 42.5 Å². The minimum absolute atomic E-state index is 0.0383. The van der Waals surface area contributed by atoms with Crippen LogP contribution in [0.1, 0.15) is 32.6 Å². The van der Waals surface area contributed by atoms with Crippen molar-refractivity contribution in [2.24, 2.45) is 5.92 Å². The highest BCUT2D eigenvalue weighted by Crippen LogP contribution is 2.34. The zero-order valence-electron chi connectivity index (χ0n) is 16.7. The van der Waals surface area contributed by atoms with Crippen molar-refractivity contribution in [3.63, 3.8) is 0 Å². The zero-order valence-corrected chi connectivity index (χ0v) is 16.7. The van der Waals surface area contributed by atoms with Crippen LogP contribution in [0.3, 0.4) is 0 Å². The van der Waals surface area contributed by atoms with E-state index in [1.165, 1.54) is 24.6 Å². The van der Waals surface area contributed by atoms with E-state index in [0.717, 1.165) is 24.8 Å². The smallest absolute Gasteiger partial charge is 0.270 e. The van der Waals surface area contributed by atoms with Gasteiger partial charge in [0, 0.05) is 23.7 Å². The van der Waals surface area contributed by atoms with Crippen LogP contribution < -0.4 is 14.8 Å². The molecule has 1 amide bonds. The van der Waals surface area contributed by atoms with Gasteiger partial charge in [-0.15, -0.1) is 0 Å². The molecule has 1 aliphatic carbocycles. The second kappa shape index (κ2) is 9.41. The van der Waals surface area contributed by atoms with Gasteiger partial charge in [-0.1, -0.05) is 31.9 Å². The van der Waals surface area contributed by atoms with Crippen molar-refractivity contribution in [1.82, 2.24) is 5.32 Å². The number of amides is 1. The van der Waals surface area contributed by atoms with Crippen molar-refractivity contribution in [1.29, 1.82) is 0 Å². The van der Waals surface area contributed by atoms with Crippen LogP contribution in [0.25, 0.3) is 11.1 Å². The Morgan fingerprint density at radius 3 is 2.55 bits per heavy atom. The number of nitrogens with one attached hydrogen (secondary N) is 1. The van der Waals surface area contributed by atoms with Crippen molar-refractivity contribution in [3.8, 4) is 22.6 Å². The first-order valence-corrected chi connectivity index (χ1v) is 9.83. The number of nitro groups is 1. The van der Waals surface area contributed by atoms with E-state index in [4.69, 9.17) is 9.47 Å². The van der Waals surface area contributed by atoms with Gasteiger partial charge in [0.05, 0.1) is 12.0 Å². The maximum Gasteiger partial charge on any atom is 0.270 e. The fraction of sp³-hybridized carbons (Fsp3) is 0.409. The van der Waals surface area contributed by atoms with Crippen molar-refractivity contribution in [3.05, 3.63) is 52.6 Å². The Morgan fingerprint density at radius 1 is 1.17 bits per heavy atom. The van der Waals surface area contributed by atoms with Crippen LogP contribution in [0, 0.1) is 16.0 Å². The molecule has 0 aliphatic heterocycles. The number of carbonyl (C=O) groups is 1. The van der Waals surface area contributed by atoms with Crippen molar-refractivity contribution >= 4 is 11.6 Å². The number of methoxy groups -OCH3 is 1. The molecular formula is C22H26N2O5. The van der Waals surface area contributed by atoms with Gasteiger partial charge in [0.15, 0.2) is 6.61 Å². The Balaban J connectivity index is 1.75. The molecule has 1 saturated carbocycles. The molecule has 0 bridgehead atoms. The average molecular weight is 398 g/mol. The molecule has 29 heavy (non-hydrogen) atoms. The van der Waals surface area contributed by atoms with Gasteiger partial charge in [-0.2, -0.15) is 0 Å². The van der Waals surface area contributed by atoms with E-state index in [9.17, 15) is 14.9 Å². The average Bonchev–Trinajstić information content (AvgIpc) is 2.74. The second-order valence-corrected chi connectivity index (χ2v) is 7.39. The van der Waals surface area contributed by atoms with E-state index in [-0.39, 0.29) is 24.2 Å². The van der Waals surface area contributed by atoms with E-state index in [2.05, 4.69) is 12.2 Å². The molecule has 1 N–H and O–H groups in total. The monoisotopic (exact) mass is 398 g/mol. The number of nitrogens with zero attached hydrogens (tertiary/aromatic N) is 1. The van der Waals surface area contributed by atoms with Crippen LogP contribution in [0.4, 0.5) is 5.69 Å². The summed E-state index contributed by atoms with van der Waals surface area (Å²) < 4.78 is 10.9. The molecule has 3 rings (SSSR count). The number of hydrogen-bond acceptors (Lipinski definition) is 5. The number of carbonyl (C=O) groups excluding carboxylic acids is 1. The molecule has 0 spiro atoms. The third kappa shape index (κ3) is 5.25. The summed E-state index contributed by atoms with van der Waals surface area (Å²) in [5.41, 5.74) is 1.26. The van der Waals surface area contributed by atoms with Gasteiger partial charge < -0.3 is 14.8 Å². The Labute approximate surface area is 170 Å². The van der Waals surface area contributed by atoms with Crippen molar-refractivity contribution in [2.45, 2.75) is 38.6 Å². The Kier molecular flexibility index (Phi) is 6.69. The maximum absolute atomic E-state index is 12.4. The molecule has 0 heterocycles. The third-order valence-electron chi connectivity index (χ3n) is 5.39. The van der Waals surface area contributed by atoms with Gasteiger partial charge in [-0.3, -0.25) is 14.9 Å². The molecule has 1 fully saturated rings. The fourth-order valence-electron chi connectivity index (χ4n) is 3.68. The van der Waals surface area contributed by atoms with Crippen LogP contribution in [0.5, 0.6) is 11.5 Å². The van der Waals surface area contributed by atoms with E-state index in [0.29, 0.717) is 23.0 Å². The number of rotatable bonds is 7. The molecule has 7 nitrogen and oxygen atoms in total. The minimum atomic E-state index is -0.450. The van der Waals surface area contributed by atoms with Crippen molar-refractivity contribution in [2.75, 3.05) is 13.7 Å². The fourth-order valence-corrected chi connectivity index (χ4v) is 3.68. The van der Waals surface area contributed by atoms with E-state index < -0.39 is 4.92 Å². The lowest BCUT2D eigenvalue weighted by atomic mass is 9.86. The molecule has 2 aromatic carbocycles. The minimum Gasteiger partial charge on any atom is -0.497 e. The molecule has 0 unspecified atom stereocenters. The van der Waals surface area contributed by atoms with Gasteiger partial charge in [0.1, 0.15) is 11.5 Å². The van der Waals surface area contributed by atoms with Gasteiger partial charge in [0.2, 0.25) is 0 Å². The van der Waals surface area contributed by atoms with E-state index in [1.54, 1.807) is 31.4 Å². The summed E-state index contributed by atoms with van der Waals surface area (Å²) in [6, 6.07) is 11.7. The highest BCUT2D eigenvalue weighted by atomic mass is 16.6. The summed E-state index contributed by atoms with van der Waals surface area (Å²) in [5.74, 6) is 1.39. The predicted octanol–water partition coefficient (Wildman–Crippen LogP) is 4.34. The Morgan fingerprint density at radius 2 is 1.90 bits per heavy atom. The molecule has 2 atom stereocenters. The molecule has 1 aliphatic rings. The largest absolute Gasteiger partial charge is 0.497 e. The summed E-state index contributed by atoms with van der Waals surface area (Å²) in [5, 5.41) is 14.2. The third-order valence-corrected chi connectivity index (χ3v) is 5.39. The SMILES string of the molecule is COc1ccc(-c2cc([N+](=O)[O-])ccc2OCC(=O)N[C@@H]2CCCC[C@@H]2C)cc1. The summed E-state index contributed by atoms with van der Waals surface area (Å²) in [7, 11) is 1.57. The first-order chi connectivity index (χ1) is 14.0. The van der Waals surface area contributed by atoms with E-state index in [1.807, 2.05) is 0 Å². The summed E-state index contributed by atoms with van der Waals surface area (Å²) in [6.07, 6.45) is 4.44. The highest BCUT2D eigenvalue weighted by Gasteiger charge is 2.23. The lowest BCUT2D eigenvalue weighted by Crippen LogP contribution is -2.43. The van der Waals surface area contributed by atoms with Gasteiger partial charge >= 0.3 is 0 Å². The standard InChI is InChI=1S/C22H26N2O5/c1-15-5-3-4-6-20(15)23-22(25)14-29-21-12-9-17(24(26)27)13-19(21)16-7-10-18(28-2)11-8-16/h7-13,15,20H,3-6,14H2,1-2H3,(H,23,25)/t15-,20+/m0/s1. The highest BCUT2D eigenvalue weighted by molar-refractivity contribution is 5.79. The van der Waals surface area contributed by atoms with Gasteiger partial charge in [0.25, 0.3) is 11.6 Å². The number of ether oxygens (including phenoxy) is 2. The molecule has 2 aromatic rings. The summed E-state index contributed by atoms with van der Waals surface area (Å²) >= 11 is 0. The van der Waals surface area contributed by atoms with Crippen LogP contribution in [-0.4, -0.2) is 30.6 Å². The topological polar surface area (TPSA) is 90.7 Å². The maximum atomic E-state index is 12.4. The van der Waals surface area contributed by atoms with Crippen LogP contribution >= 0.6 is 0 Å². The molecule has 0 aromatic heterocycles. The normalized spacial score (nSPS) is 18.7. The Bertz CT molecular complexity index is 866. The lowest BCUT2D eigenvalue weighted by Gasteiger charge is -2.29. The first-order valence-electron chi connectivity index (χ1n) is 9.83. The van der Waals surface area contributed by atoms with Crippen molar-refractivity contribution < 1.29 is 19.2 Å². The molecule has 7 heteroatoms. The van der Waals surface area contributed by atoms with Crippen LogP contribution in [-0.2, 0) is 4.79 Å². The van der Waals surface area contributed by atoms with E-state index >= 15 is 0 Å². The molecule has 0 radical (unpaired) electrons. The number of benzene rings is 2. The van der Waals surface area contributed by atoms with Crippen LogP contribution in [0.15, 0.2) is 42.5 Å². The predicted molar refractivity (Wildman–Crippen MR) is 110 cm³/mol. The molecule has 154 valence electrons. The summed E-state index contributed by atoms with van der Waals surface area (Å²) in [6.45, 7) is 2.02. The zero-order chi connectivity index (χ0) is 20.8. The summed E-state index contributed by atoms with van der Waals surface area (Å²) in [4.78, 5) is 23.1. The van der Waals surface area contributed by atoms with Crippen LogP contribution in [0.2, 0.25) is 0 Å². The number of hydrogen-bond donors (Lipinski definition) is 1. The lowest BCUT2D eigenvalue weighted by molar-refractivity contribution is -0.384. The van der Waals surface area contributed by atoms with Gasteiger partial charge in [-0.25, -0.2) is 0 Å². The number of nitro benzene ring substituents is 1. The quantitative estimate of drug-likeness (QED) is 0.553. The number of non-ortho nitro benzene ring substituents is 1. The first kappa shape index (κ1) is 20.6.